The van der Waals surface area contributed by atoms with Gasteiger partial charge in [-0.05, 0) is 5.56 Å². The number of ether oxygens (including phenoxy) is 2. The zero-order valence-electron chi connectivity index (χ0n) is 11.7. The molecule has 7 heteroatoms. The van der Waals surface area contributed by atoms with Crippen molar-refractivity contribution in [2.24, 2.45) is 0 Å². The fraction of sp³-hybridized carbons (Fsp3) is 0.214. The van der Waals surface area contributed by atoms with E-state index in [2.05, 4.69) is 15.3 Å². The molecular formula is C14H16N4O3. The van der Waals surface area contributed by atoms with E-state index in [9.17, 15) is 4.79 Å². The van der Waals surface area contributed by atoms with E-state index in [4.69, 9.17) is 15.2 Å². The predicted molar refractivity (Wildman–Crippen MR) is 77.8 cm³/mol. The molecule has 0 fully saturated rings. The molecule has 0 saturated carbocycles. The lowest BCUT2D eigenvalue weighted by Gasteiger charge is -2.18. The molecule has 110 valence electrons. The highest BCUT2D eigenvalue weighted by molar-refractivity contribution is 5.82. The van der Waals surface area contributed by atoms with Crippen LogP contribution < -0.4 is 15.8 Å². The molecule has 1 heterocycles. The van der Waals surface area contributed by atoms with E-state index in [0.29, 0.717) is 5.82 Å². The lowest BCUT2D eigenvalue weighted by atomic mass is 10.1. The maximum absolute atomic E-state index is 12.0. The number of aromatic nitrogens is 2. The number of rotatable bonds is 5. The number of hydrogen-bond acceptors (Lipinski definition) is 7. The molecule has 0 spiro atoms. The smallest absolute Gasteiger partial charge is 0.333 e. The second kappa shape index (κ2) is 6.56. The molecule has 0 bridgehead atoms. The first-order valence-corrected chi connectivity index (χ1v) is 6.21. The van der Waals surface area contributed by atoms with E-state index in [1.54, 1.807) is 0 Å². The van der Waals surface area contributed by atoms with E-state index >= 15 is 0 Å². The van der Waals surface area contributed by atoms with Gasteiger partial charge in [0.05, 0.1) is 14.2 Å². The van der Waals surface area contributed by atoms with Gasteiger partial charge in [-0.2, -0.15) is 4.98 Å². The third-order valence-corrected chi connectivity index (χ3v) is 2.89. The lowest BCUT2D eigenvalue weighted by Crippen LogP contribution is -2.23. The Morgan fingerprint density at radius 1 is 1.24 bits per heavy atom. The second-order valence-electron chi connectivity index (χ2n) is 4.16. The average Bonchev–Trinajstić information content (AvgIpc) is 2.54. The van der Waals surface area contributed by atoms with Crippen molar-refractivity contribution in [3.8, 4) is 5.88 Å². The summed E-state index contributed by atoms with van der Waals surface area (Å²) in [7, 11) is 2.78. The normalized spacial score (nSPS) is 11.5. The molecule has 0 radical (unpaired) electrons. The Morgan fingerprint density at radius 2 is 1.95 bits per heavy atom. The molecule has 0 aliphatic heterocycles. The van der Waals surface area contributed by atoms with E-state index < -0.39 is 12.0 Å². The first-order chi connectivity index (χ1) is 10.2. The van der Waals surface area contributed by atoms with Crippen LogP contribution in [0.5, 0.6) is 5.88 Å². The molecule has 1 aromatic carbocycles. The van der Waals surface area contributed by atoms with Gasteiger partial charge < -0.3 is 20.5 Å². The van der Waals surface area contributed by atoms with Crippen molar-refractivity contribution in [1.82, 2.24) is 9.97 Å². The number of benzene rings is 1. The maximum Gasteiger partial charge on any atom is 0.333 e. The van der Waals surface area contributed by atoms with Gasteiger partial charge in [-0.25, -0.2) is 9.78 Å². The van der Waals surface area contributed by atoms with Gasteiger partial charge in [-0.15, -0.1) is 0 Å². The Morgan fingerprint density at radius 3 is 2.57 bits per heavy atom. The number of carbonyl (C=O) groups excluding carboxylic acids is 1. The van der Waals surface area contributed by atoms with Crippen LogP contribution in [0.15, 0.2) is 36.7 Å². The summed E-state index contributed by atoms with van der Waals surface area (Å²) in [4.78, 5) is 19.9. The quantitative estimate of drug-likeness (QED) is 0.802. The molecule has 1 aromatic heterocycles. The highest BCUT2D eigenvalue weighted by atomic mass is 16.5. The van der Waals surface area contributed by atoms with Crippen LogP contribution in [0, 0.1) is 0 Å². The molecule has 0 saturated heterocycles. The third-order valence-electron chi connectivity index (χ3n) is 2.89. The summed E-state index contributed by atoms with van der Waals surface area (Å²) < 4.78 is 9.85. The number of hydrogen-bond donors (Lipinski definition) is 2. The highest BCUT2D eigenvalue weighted by Crippen LogP contribution is 2.28. The van der Waals surface area contributed by atoms with Crippen LogP contribution in [0.3, 0.4) is 0 Å². The van der Waals surface area contributed by atoms with Gasteiger partial charge >= 0.3 is 5.97 Å². The molecule has 1 unspecified atom stereocenters. The summed E-state index contributed by atoms with van der Waals surface area (Å²) in [6.45, 7) is 0. The monoisotopic (exact) mass is 288 g/mol. The molecule has 0 amide bonds. The highest BCUT2D eigenvalue weighted by Gasteiger charge is 2.23. The van der Waals surface area contributed by atoms with Gasteiger partial charge in [0.1, 0.15) is 12.0 Å². The van der Waals surface area contributed by atoms with E-state index in [1.807, 2.05) is 30.3 Å². The minimum Gasteiger partial charge on any atom is -0.479 e. The first-order valence-electron chi connectivity index (χ1n) is 6.21. The largest absolute Gasteiger partial charge is 0.479 e. The molecule has 3 N–H and O–H groups in total. The van der Waals surface area contributed by atoms with Crippen molar-refractivity contribution in [3.05, 3.63) is 42.2 Å². The van der Waals surface area contributed by atoms with Crippen LogP contribution in [0.2, 0.25) is 0 Å². The molecule has 2 rings (SSSR count). The second-order valence-corrected chi connectivity index (χ2v) is 4.16. The molecule has 1 atom stereocenters. The van der Waals surface area contributed by atoms with Crippen molar-refractivity contribution in [2.75, 3.05) is 25.3 Å². The number of nitrogens with zero attached hydrogens (tertiary/aromatic N) is 2. The Bertz CT molecular complexity index is 619. The number of carbonyl (C=O) groups is 1. The zero-order valence-corrected chi connectivity index (χ0v) is 11.7. The summed E-state index contributed by atoms with van der Waals surface area (Å²) in [5, 5.41) is 2.96. The topological polar surface area (TPSA) is 99.4 Å². The van der Waals surface area contributed by atoms with Crippen molar-refractivity contribution in [1.29, 1.82) is 0 Å². The van der Waals surface area contributed by atoms with Crippen molar-refractivity contribution >= 4 is 17.5 Å². The SMILES string of the molecule is COC(=O)C(Nc1ncnc(OC)c1N)c1ccccc1. The van der Waals surface area contributed by atoms with Gasteiger partial charge in [0.15, 0.2) is 11.9 Å². The van der Waals surface area contributed by atoms with Gasteiger partial charge in [0.2, 0.25) is 5.88 Å². The van der Waals surface area contributed by atoms with Gasteiger partial charge in [-0.1, -0.05) is 30.3 Å². The first kappa shape index (κ1) is 14.6. The average molecular weight is 288 g/mol. The van der Waals surface area contributed by atoms with Gasteiger partial charge in [0, 0.05) is 0 Å². The van der Waals surface area contributed by atoms with E-state index in [0.717, 1.165) is 5.56 Å². The summed E-state index contributed by atoms with van der Waals surface area (Å²) in [5.74, 6) is 0.100. The summed E-state index contributed by atoms with van der Waals surface area (Å²) in [6.07, 6.45) is 1.30. The molecule has 21 heavy (non-hydrogen) atoms. The summed E-state index contributed by atoms with van der Waals surface area (Å²) in [5.41, 5.74) is 6.86. The minimum atomic E-state index is -0.724. The Balaban J connectivity index is 2.34. The minimum absolute atomic E-state index is 0.227. The molecule has 0 aliphatic rings. The number of nitrogens with one attached hydrogen (secondary N) is 1. The van der Waals surface area contributed by atoms with E-state index in [-0.39, 0.29) is 11.6 Å². The van der Waals surface area contributed by atoms with Gasteiger partial charge in [-0.3, -0.25) is 0 Å². The Labute approximate surface area is 122 Å². The van der Waals surface area contributed by atoms with Crippen molar-refractivity contribution in [2.45, 2.75) is 6.04 Å². The van der Waals surface area contributed by atoms with Crippen molar-refractivity contribution < 1.29 is 14.3 Å². The summed E-state index contributed by atoms with van der Waals surface area (Å²) in [6, 6.07) is 8.41. The zero-order chi connectivity index (χ0) is 15.2. The number of nitrogens with two attached hydrogens (primary N) is 1. The Kier molecular flexibility index (Phi) is 4.55. The number of nitrogen functional groups attached to an aromatic ring is 1. The van der Waals surface area contributed by atoms with Crippen molar-refractivity contribution in [3.63, 3.8) is 0 Å². The lowest BCUT2D eigenvalue weighted by molar-refractivity contribution is -0.141. The van der Waals surface area contributed by atoms with Crippen LogP contribution in [-0.4, -0.2) is 30.2 Å². The summed E-state index contributed by atoms with van der Waals surface area (Å²) >= 11 is 0. The van der Waals surface area contributed by atoms with Crippen LogP contribution in [0.4, 0.5) is 11.5 Å². The molecular weight excluding hydrogens is 272 g/mol. The number of esters is 1. The fourth-order valence-corrected chi connectivity index (χ4v) is 1.84. The Hall–Kier alpha value is -2.83. The molecule has 2 aromatic rings. The van der Waals surface area contributed by atoms with Crippen LogP contribution in [0.1, 0.15) is 11.6 Å². The molecule has 7 nitrogen and oxygen atoms in total. The van der Waals surface area contributed by atoms with E-state index in [1.165, 1.54) is 20.5 Å². The number of methoxy groups -OCH3 is 2. The standard InChI is InChI=1S/C14H16N4O3/c1-20-13-10(15)12(16-8-17-13)18-11(14(19)21-2)9-6-4-3-5-7-9/h3-8,11H,15H2,1-2H3,(H,16,17,18). The third kappa shape index (κ3) is 3.19. The van der Waals surface area contributed by atoms with Crippen LogP contribution in [-0.2, 0) is 9.53 Å². The van der Waals surface area contributed by atoms with Crippen LogP contribution in [0.25, 0.3) is 0 Å². The van der Waals surface area contributed by atoms with Crippen LogP contribution >= 0.6 is 0 Å². The maximum atomic E-state index is 12.0. The van der Waals surface area contributed by atoms with Gasteiger partial charge in [0.25, 0.3) is 0 Å². The number of anilines is 2. The predicted octanol–water partition coefficient (Wildman–Crippen LogP) is 1.39. The fourth-order valence-electron chi connectivity index (χ4n) is 1.84. The molecule has 0 aliphatic carbocycles.